The van der Waals surface area contributed by atoms with E-state index in [1.807, 2.05) is 6.92 Å². The number of ether oxygens (including phenoxy) is 1. The van der Waals surface area contributed by atoms with Gasteiger partial charge in [0.25, 0.3) is 0 Å². The van der Waals surface area contributed by atoms with Crippen LogP contribution in [0.1, 0.15) is 13.3 Å². The monoisotopic (exact) mass is 224 g/mol. The first-order chi connectivity index (χ1) is 7.66. The second-order valence-corrected chi connectivity index (χ2v) is 4.18. The lowest BCUT2D eigenvalue weighted by atomic mass is 10.2. The molecule has 1 atom stereocenters. The zero-order valence-electron chi connectivity index (χ0n) is 9.45. The average Bonchev–Trinajstić information content (AvgIpc) is 2.46. The highest BCUT2D eigenvalue weighted by atomic mass is 19.1. The van der Waals surface area contributed by atoms with Crippen LogP contribution in [0.2, 0.25) is 0 Å². The van der Waals surface area contributed by atoms with E-state index in [1.165, 1.54) is 12.1 Å². The van der Waals surface area contributed by atoms with Crippen molar-refractivity contribution >= 4 is 11.4 Å². The molecule has 1 aromatic rings. The molecule has 0 bridgehead atoms. The third kappa shape index (κ3) is 2.44. The van der Waals surface area contributed by atoms with E-state index in [1.54, 1.807) is 6.07 Å². The van der Waals surface area contributed by atoms with Crippen LogP contribution in [0.25, 0.3) is 0 Å². The van der Waals surface area contributed by atoms with Crippen LogP contribution in [0.15, 0.2) is 18.2 Å². The van der Waals surface area contributed by atoms with Crippen LogP contribution >= 0.6 is 0 Å². The van der Waals surface area contributed by atoms with Crippen molar-refractivity contribution in [3.8, 4) is 0 Å². The second kappa shape index (κ2) is 4.70. The molecule has 0 saturated carbocycles. The fraction of sp³-hybridized carbons (Fsp3) is 0.500. The van der Waals surface area contributed by atoms with Crippen molar-refractivity contribution in [3.63, 3.8) is 0 Å². The summed E-state index contributed by atoms with van der Waals surface area (Å²) in [5, 5.41) is 0. The van der Waals surface area contributed by atoms with Gasteiger partial charge in [0.2, 0.25) is 0 Å². The SMILES string of the molecule is CC1CN(c2cc(F)ccc2N)CCCO1. The van der Waals surface area contributed by atoms with Crippen molar-refractivity contribution < 1.29 is 9.13 Å². The average molecular weight is 224 g/mol. The lowest BCUT2D eigenvalue weighted by molar-refractivity contribution is 0.0821. The van der Waals surface area contributed by atoms with E-state index in [-0.39, 0.29) is 11.9 Å². The van der Waals surface area contributed by atoms with Crippen LogP contribution in [-0.4, -0.2) is 25.8 Å². The molecule has 1 fully saturated rings. The molecular formula is C12H17FN2O. The van der Waals surface area contributed by atoms with Crippen LogP contribution in [0.5, 0.6) is 0 Å². The minimum absolute atomic E-state index is 0.158. The molecule has 3 nitrogen and oxygen atoms in total. The minimum Gasteiger partial charge on any atom is -0.397 e. The maximum absolute atomic E-state index is 13.2. The first-order valence-corrected chi connectivity index (χ1v) is 5.58. The largest absolute Gasteiger partial charge is 0.397 e. The summed E-state index contributed by atoms with van der Waals surface area (Å²) in [7, 11) is 0. The maximum Gasteiger partial charge on any atom is 0.125 e. The number of nitrogen functional groups attached to an aromatic ring is 1. The molecule has 1 aliphatic heterocycles. The minimum atomic E-state index is -0.248. The molecule has 4 heteroatoms. The van der Waals surface area contributed by atoms with Crippen molar-refractivity contribution in [3.05, 3.63) is 24.0 Å². The fourth-order valence-electron chi connectivity index (χ4n) is 2.00. The first-order valence-electron chi connectivity index (χ1n) is 5.58. The van der Waals surface area contributed by atoms with Gasteiger partial charge in [0.15, 0.2) is 0 Å². The summed E-state index contributed by atoms with van der Waals surface area (Å²) in [4.78, 5) is 2.09. The Balaban J connectivity index is 2.24. The fourth-order valence-corrected chi connectivity index (χ4v) is 2.00. The van der Waals surface area contributed by atoms with Crippen molar-refractivity contribution in [2.45, 2.75) is 19.4 Å². The van der Waals surface area contributed by atoms with E-state index >= 15 is 0 Å². The van der Waals surface area contributed by atoms with Gasteiger partial charge < -0.3 is 15.4 Å². The molecular weight excluding hydrogens is 207 g/mol. The summed E-state index contributed by atoms with van der Waals surface area (Å²) < 4.78 is 18.7. The summed E-state index contributed by atoms with van der Waals surface area (Å²) >= 11 is 0. The number of nitrogens with zero attached hydrogens (tertiary/aromatic N) is 1. The Bertz CT molecular complexity index is 370. The van der Waals surface area contributed by atoms with Gasteiger partial charge >= 0.3 is 0 Å². The Morgan fingerprint density at radius 2 is 2.31 bits per heavy atom. The molecule has 88 valence electrons. The quantitative estimate of drug-likeness (QED) is 0.742. The zero-order valence-corrected chi connectivity index (χ0v) is 9.45. The molecule has 1 aromatic carbocycles. The van der Waals surface area contributed by atoms with Gasteiger partial charge in [0, 0.05) is 19.7 Å². The summed E-state index contributed by atoms with van der Waals surface area (Å²) in [5.41, 5.74) is 7.26. The van der Waals surface area contributed by atoms with Crippen molar-refractivity contribution in [1.29, 1.82) is 0 Å². The van der Waals surface area contributed by atoms with E-state index in [0.717, 1.165) is 31.8 Å². The highest BCUT2D eigenvalue weighted by Gasteiger charge is 2.17. The van der Waals surface area contributed by atoms with E-state index in [2.05, 4.69) is 4.90 Å². The molecule has 1 heterocycles. The molecule has 1 unspecified atom stereocenters. The number of hydrogen-bond donors (Lipinski definition) is 1. The van der Waals surface area contributed by atoms with E-state index in [4.69, 9.17) is 10.5 Å². The Labute approximate surface area is 95.0 Å². The zero-order chi connectivity index (χ0) is 11.5. The van der Waals surface area contributed by atoms with E-state index in [0.29, 0.717) is 5.69 Å². The number of rotatable bonds is 1. The molecule has 1 aliphatic rings. The van der Waals surface area contributed by atoms with Gasteiger partial charge in [-0.3, -0.25) is 0 Å². The smallest absolute Gasteiger partial charge is 0.125 e. The molecule has 0 spiro atoms. The number of benzene rings is 1. The van der Waals surface area contributed by atoms with Crippen molar-refractivity contribution in [1.82, 2.24) is 0 Å². The van der Waals surface area contributed by atoms with Gasteiger partial charge in [-0.25, -0.2) is 4.39 Å². The summed E-state index contributed by atoms with van der Waals surface area (Å²) in [6.45, 7) is 4.40. The molecule has 2 N–H and O–H groups in total. The lowest BCUT2D eigenvalue weighted by Crippen LogP contribution is -2.30. The normalized spacial score (nSPS) is 21.9. The molecule has 16 heavy (non-hydrogen) atoms. The number of halogens is 1. The van der Waals surface area contributed by atoms with Crippen LogP contribution in [0.3, 0.4) is 0 Å². The Morgan fingerprint density at radius 3 is 3.12 bits per heavy atom. The van der Waals surface area contributed by atoms with Crippen LogP contribution in [0, 0.1) is 5.82 Å². The van der Waals surface area contributed by atoms with Gasteiger partial charge in [-0.2, -0.15) is 0 Å². The third-order valence-corrected chi connectivity index (χ3v) is 2.79. The van der Waals surface area contributed by atoms with Gasteiger partial charge in [-0.05, 0) is 31.5 Å². The molecule has 1 saturated heterocycles. The number of hydrogen-bond acceptors (Lipinski definition) is 3. The second-order valence-electron chi connectivity index (χ2n) is 4.18. The topological polar surface area (TPSA) is 38.5 Å². The maximum atomic E-state index is 13.2. The van der Waals surface area contributed by atoms with Crippen LogP contribution < -0.4 is 10.6 Å². The van der Waals surface area contributed by atoms with E-state index < -0.39 is 0 Å². The molecule has 0 amide bonds. The molecule has 0 aromatic heterocycles. The van der Waals surface area contributed by atoms with Crippen LogP contribution in [0.4, 0.5) is 15.8 Å². The lowest BCUT2D eigenvalue weighted by Gasteiger charge is -2.25. The van der Waals surface area contributed by atoms with E-state index in [9.17, 15) is 4.39 Å². The van der Waals surface area contributed by atoms with Gasteiger partial charge in [0.1, 0.15) is 5.82 Å². The van der Waals surface area contributed by atoms with Crippen LogP contribution in [-0.2, 0) is 4.74 Å². The number of anilines is 2. The van der Waals surface area contributed by atoms with Gasteiger partial charge in [-0.15, -0.1) is 0 Å². The summed E-state index contributed by atoms with van der Waals surface area (Å²) in [6.07, 6.45) is 1.10. The number of nitrogens with two attached hydrogens (primary N) is 1. The Kier molecular flexibility index (Phi) is 3.29. The Morgan fingerprint density at radius 1 is 1.50 bits per heavy atom. The summed E-state index contributed by atoms with van der Waals surface area (Å²) in [6, 6.07) is 4.49. The Hall–Kier alpha value is -1.29. The third-order valence-electron chi connectivity index (χ3n) is 2.79. The molecule has 0 radical (unpaired) electrons. The molecule has 2 rings (SSSR count). The van der Waals surface area contributed by atoms with Crippen molar-refractivity contribution in [2.24, 2.45) is 0 Å². The van der Waals surface area contributed by atoms with Crippen molar-refractivity contribution in [2.75, 3.05) is 30.3 Å². The standard InChI is InChI=1S/C12H17FN2O/c1-9-8-15(5-2-6-16-9)12-7-10(13)3-4-11(12)14/h3-4,7,9H,2,5-6,8,14H2,1H3. The highest BCUT2D eigenvalue weighted by molar-refractivity contribution is 5.67. The molecule has 0 aliphatic carbocycles. The predicted octanol–water partition coefficient (Wildman–Crippen LogP) is 2.02. The predicted molar refractivity (Wildman–Crippen MR) is 63.1 cm³/mol. The van der Waals surface area contributed by atoms with Gasteiger partial charge in [-0.1, -0.05) is 0 Å². The highest BCUT2D eigenvalue weighted by Crippen LogP contribution is 2.25. The first kappa shape index (κ1) is 11.2. The van der Waals surface area contributed by atoms with Gasteiger partial charge in [0.05, 0.1) is 17.5 Å². The summed E-state index contributed by atoms with van der Waals surface area (Å²) in [5.74, 6) is -0.248.